The first kappa shape index (κ1) is 24.4. The van der Waals surface area contributed by atoms with Crippen molar-refractivity contribution in [3.05, 3.63) is 35.4 Å². The number of alkyl carbamates (subject to hydrolysis) is 1. The van der Waals surface area contributed by atoms with Gasteiger partial charge in [0.15, 0.2) is 11.4 Å². The zero-order chi connectivity index (χ0) is 23.9. The van der Waals surface area contributed by atoms with Gasteiger partial charge < -0.3 is 25.3 Å². The van der Waals surface area contributed by atoms with Crippen molar-refractivity contribution in [2.24, 2.45) is 0 Å². The largest absolute Gasteiger partial charge is 0.472 e. The number of nitrogen functional groups attached to an aromatic ring is 1. The van der Waals surface area contributed by atoms with Crippen LogP contribution in [0.2, 0.25) is 0 Å². The molecule has 10 nitrogen and oxygen atoms in total. The van der Waals surface area contributed by atoms with Gasteiger partial charge in [0.05, 0.1) is 24.8 Å². The number of benzene rings is 1. The van der Waals surface area contributed by atoms with Gasteiger partial charge in [-0.3, -0.25) is 0 Å². The third-order valence-electron chi connectivity index (χ3n) is 3.88. The third kappa shape index (κ3) is 6.84. The lowest BCUT2D eigenvalue weighted by atomic mass is 10.1. The molecule has 0 unspecified atom stereocenters. The molecule has 0 fully saturated rings. The van der Waals surface area contributed by atoms with Crippen molar-refractivity contribution in [2.75, 3.05) is 18.9 Å². The summed E-state index contributed by atoms with van der Waals surface area (Å²) in [7, 11) is 0. The minimum absolute atomic E-state index is 0.0837. The number of nitrogens with two attached hydrogens (primary N) is 1. The van der Waals surface area contributed by atoms with Gasteiger partial charge in [0.25, 0.3) is 0 Å². The molecule has 1 aromatic heterocycles. The van der Waals surface area contributed by atoms with E-state index in [1.54, 1.807) is 58.9 Å². The summed E-state index contributed by atoms with van der Waals surface area (Å²) in [5.41, 5.74) is 6.22. The smallest absolute Gasteiger partial charge is 0.407 e. The third-order valence-corrected chi connectivity index (χ3v) is 3.88. The molecule has 0 saturated carbocycles. The van der Waals surface area contributed by atoms with Gasteiger partial charge in [0.1, 0.15) is 17.5 Å². The van der Waals surface area contributed by atoms with E-state index >= 15 is 0 Å². The second kappa shape index (κ2) is 10.4. The van der Waals surface area contributed by atoms with E-state index < -0.39 is 23.8 Å². The maximum absolute atomic E-state index is 12.4. The number of nitrogens with zero attached hydrogens (tertiary/aromatic N) is 3. The van der Waals surface area contributed by atoms with Crippen LogP contribution in [-0.2, 0) is 9.47 Å². The number of hydrogen-bond donors (Lipinski definition) is 2. The van der Waals surface area contributed by atoms with Crippen molar-refractivity contribution in [2.45, 2.75) is 46.3 Å². The Bertz CT molecular complexity index is 1030. The number of rotatable bonds is 7. The predicted octanol–water partition coefficient (Wildman–Crippen LogP) is 3.07. The van der Waals surface area contributed by atoms with E-state index in [2.05, 4.69) is 15.3 Å². The van der Waals surface area contributed by atoms with Crippen molar-refractivity contribution < 1.29 is 23.8 Å². The van der Waals surface area contributed by atoms with E-state index in [4.69, 9.17) is 25.2 Å². The zero-order valence-corrected chi connectivity index (χ0v) is 18.8. The fraction of sp³-hybridized carbons (Fsp3) is 0.409. The highest BCUT2D eigenvalue weighted by Gasteiger charge is 2.25. The average molecular weight is 441 g/mol. The molecule has 0 aliphatic carbocycles. The minimum Gasteiger partial charge on any atom is -0.472 e. The molecule has 1 atom stereocenters. The average Bonchev–Trinajstić information content (AvgIpc) is 2.71. The zero-order valence-electron chi connectivity index (χ0n) is 18.8. The lowest BCUT2D eigenvalue weighted by Gasteiger charge is -2.21. The standard InChI is InChI=1S/C22H27N5O5/c1-6-30-20(28)16-17(24)26-18(15-9-7-8-14(10-15)11-23)27-19(16)31-13(2)12-25-21(29)32-22(3,4)5/h7-10,13H,6,12H2,1-5H3,(H,25,29)(H2,24,26,27)/t13-/m0/s1. The molecule has 0 saturated heterocycles. The number of carbonyl (C=O) groups excluding carboxylic acids is 2. The monoisotopic (exact) mass is 441 g/mol. The molecule has 0 aliphatic rings. The van der Waals surface area contributed by atoms with Crippen molar-refractivity contribution >= 4 is 17.9 Å². The Morgan fingerprint density at radius 1 is 1.28 bits per heavy atom. The lowest BCUT2D eigenvalue weighted by molar-refractivity contribution is 0.0485. The van der Waals surface area contributed by atoms with Crippen molar-refractivity contribution in [1.29, 1.82) is 5.26 Å². The molecule has 10 heteroatoms. The van der Waals surface area contributed by atoms with Gasteiger partial charge in [-0.05, 0) is 46.8 Å². The number of aromatic nitrogens is 2. The van der Waals surface area contributed by atoms with Crippen LogP contribution in [-0.4, -0.2) is 46.9 Å². The molecule has 3 N–H and O–H groups in total. The summed E-state index contributed by atoms with van der Waals surface area (Å²) in [5.74, 6) is -0.774. The first-order valence-electron chi connectivity index (χ1n) is 10.0. The molecule has 0 aliphatic heterocycles. The summed E-state index contributed by atoms with van der Waals surface area (Å²) >= 11 is 0. The Balaban J connectivity index is 2.33. The van der Waals surface area contributed by atoms with Crippen LogP contribution in [0, 0.1) is 11.3 Å². The molecule has 0 radical (unpaired) electrons. The minimum atomic E-state index is -0.732. The molecule has 2 rings (SSSR count). The van der Waals surface area contributed by atoms with Gasteiger partial charge in [-0.25, -0.2) is 14.6 Å². The van der Waals surface area contributed by atoms with E-state index in [-0.39, 0.29) is 36.2 Å². The molecule has 1 aromatic carbocycles. The van der Waals surface area contributed by atoms with Gasteiger partial charge in [0, 0.05) is 5.56 Å². The van der Waals surface area contributed by atoms with Crippen LogP contribution >= 0.6 is 0 Å². The Labute approximate surface area is 186 Å². The van der Waals surface area contributed by atoms with Gasteiger partial charge in [-0.15, -0.1) is 0 Å². The molecule has 32 heavy (non-hydrogen) atoms. The summed E-state index contributed by atoms with van der Waals surface area (Å²) in [4.78, 5) is 32.9. The summed E-state index contributed by atoms with van der Waals surface area (Å²) in [6, 6.07) is 8.66. The van der Waals surface area contributed by atoms with Crippen LogP contribution in [0.4, 0.5) is 10.6 Å². The van der Waals surface area contributed by atoms with Crippen molar-refractivity contribution in [3.8, 4) is 23.3 Å². The number of anilines is 1. The van der Waals surface area contributed by atoms with Crippen LogP contribution in [0.1, 0.15) is 50.5 Å². The highest BCUT2D eigenvalue weighted by atomic mass is 16.6. The molecule has 2 aromatic rings. The van der Waals surface area contributed by atoms with Crippen LogP contribution in [0.15, 0.2) is 24.3 Å². The maximum Gasteiger partial charge on any atom is 0.407 e. The summed E-state index contributed by atoms with van der Waals surface area (Å²) < 4.78 is 16.1. The van der Waals surface area contributed by atoms with E-state index in [1.165, 1.54) is 0 Å². The Hall–Kier alpha value is -3.87. The topological polar surface area (TPSA) is 149 Å². The van der Waals surface area contributed by atoms with Crippen LogP contribution in [0.25, 0.3) is 11.4 Å². The van der Waals surface area contributed by atoms with E-state index in [0.717, 1.165) is 0 Å². The number of ether oxygens (including phenoxy) is 3. The van der Waals surface area contributed by atoms with E-state index in [1.807, 2.05) is 6.07 Å². The van der Waals surface area contributed by atoms with Crippen molar-refractivity contribution in [3.63, 3.8) is 0 Å². The lowest BCUT2D eigenvalue weighted by Crippen LogP contribution is -2.38. The fourth-order valence-corrected chi connectivity index (χ4v) is 2.57. The molecular formula is C22H27N5O5. The van der Waals surface area contributed by atoms with Crippen molar-refractivity contribution in [1.82, 2.24) is 15.3 Å². The molecule has 1 amide bonds. The van der Waals surface area contributed by atoms with Gasteiger partial charge in [-0.2, -0.15) is 10.2 Å². The molecular weight excluding hydrogens is 414 g/mol. The van der Waals surface area contributed by atoms with Crippen LogP contribution in [0.5, 0.6) is 5.88 Å². The SMILES string of the molecule is CCOC(=O)c1c(N)nc(-c2cccc(C#N)c2)nc1O[C@@H](C)CNC(=O)OC(C)(C)C. The second-order valence-corrected chi connectivity index (χ2v) is 7.84. The van der Waals surface area contributed by atoms with E-state index in [9.17, 15) is 9.59 Å². The first-order valence-corrected chi connectivity index (χ1v) is 10.0. The summed E-state index contributed by atoms with van der Waals surface area (Å²) in [6.07, 6.45) is -1.20. The molecule has 170 valence electrons. The first-order chi connectivity index (χ1) is 15.0. The van der Waals surface area contributed by atoms with Crippen LogP contribution < -0.4 is 15.8 Å². The Morgan fingerprint density at radius 2 is 2.00 bits per heavy atom. The number of carbonyl (C=O) groups is 2. The van der Waals surface area contributed by atoms with E-state index in [0.29, 0.717) is 11.1 Å². The second-order valence-electron chi connectivity index (χ2n) is 7.84. The Morgan fingerprint density at radius 3 is 2.62 bits per heavy atom. The maximum atomic E-state index is 12.4. The number of esters is 1. The number of nitriles is 1. The quantitative estimate of drug-likeness (QED) is 0.618. The highest BCUT2D eigenvalue weighted by molar-refractivity contribution is 5.97. The summed E-state index contributed by atoms with van der Waals surface area (Å²) in [6.45, 7) is 8.81. The van der Waals surface area contributed by atoms with Gasteiger partial charge in [0.2, 0.25) is 5.88 Å². The Kier molecular flexibility index (Phi) is 7.96. The van der Waals surface area contributed by atoms with Gasteiger partial charge >= 0.3 is 12.1 Å². The molecule has 0 spiro atoms. The van der Waals surface area contributed by atoms with Gasteiger partial charge in [-0.1, -0.05) is 12.1 Å². The fourth-order valence-electron chi connectivity index (χ4n) is 2.57. The number of hydrogen-bond acceptors (Lipinski definition) is 9. The molecule has 0 bridgehead atoms. The predicted molar refractivity (Wildman–Crippen MR) is 117 cm³/mol. The van der Waals surface area contributed by atoms with Crippen LogP contribution in [0.3, 0.4) is 0 Å². The number of nitrogens with one attached hydrogen (secondary N) is 1. The summed E-state index contributed by atoms with van der Waals surface area (Å²) in [5, 5.41) is 11.7. The molecule has 1 heterocycles. The highest BCUT2D eigenvalue weighted by Crippen LogP contribution is 2.28. The normalized spacial score (nSPS) is 11.8. The number of amides is 1.